The van der Waals surface area contributed by atoms with Gasteiger partial charge < -0.3 is 20.1 Å². The third kappa shape index (κ3) is 6.90. The van der Waals surface area contributed by atoms with Crippen LogP contribution in [0, 0.1) is 0 Å². The largest absolute Gasteiger partial charge is 0.480 e. The van der Waals surface area contributed by atoms with Gasteiger partial charge in [-0.05, 0) is 19.8 Å². The van der Waals surface area contributed by atoms with Crippen LogP contribution in [0.4, 0.5) is 4.79 Å². The van der Waals surface area contributed by atoms with Crippen molar-refractivity contribution in [2.75, 3.05) is 27.3 Å². The van der Waals surface area contributed by atoms with Gasteiger partial charge in [-0.3, -0.25) is 0 Å². The van der Waals surface area contributed by atoms with E-state index in [2.05, 4.69) is 11.9 Å². The number of hydrogen-bond donors (Lipinski definition) is 2. The molecule has 0 radical (unpaired) electrons. The summed E-state index contributed by atoms with van der Waals surface area (Å²) in [5.74, 6) is -1.04. The number of carbonyl (C=O) groups is 2. The molecule has 6 nitrogen and oxygen atoms in total. The molecule has 2 amide bonds. The first-order valence-corrected chi connectivity index (χ1v) is 5.76. The first kappa shape index (κ1) is 16.4. The number of nitrogens with zero attached hydrogens (tertiary/aromatic N) is 1. The Kier molecular flexibility index (Phi) is 7.78. The molecule has 18 heavy (non-hydrogen) atoms. The number of ether oxygens (including phenoxy) is 1. The van der Waals surface area contributed by atoms with Crippen molar-refractivity contribution in [2.24, 2.45) is 0 Å². The van der Waals surface area contributed by atoms with E-state index in [0.29, 0.717) is 26.0 Å². The van der Waals surface area contributed by atoms with Gasteiger partial charge in [0.05, 0.1) is 0 Å². The second-order valence-electron chi connectivity index (χ2n) is 4.29. The Labute approximate surface area is 108 Å². The fourth-order valence-electron chi connectivity index (χ4n) is 1.43. The molecule has 0 bridgehead atoms. The average Bonchev–Trinajstić information content (AvgIpc) is 2.26. The molecule has 0 saturated carbocycles. The van der Waals surface area contributed by atoms with Crippen LogP contribution < -0.4 is 5.32 Å². The fourth-order valence-corrected chi connectivity index (χ4v) is 1.43. The molecule has 0 aliphatic rings. The third-order valence-corrected chi connectivity index (χ3v) is 2.29. The molecule has 0 aromatic carbocycles. The quantitative estimate of drug-likeness (QED) is 0.504. The van der Waals surface area contributed by atoms with Crippen molar-refractivity contribution in [1.82, 2.24) is 10.2 Å². The van der Waals surface area contributed by atoms with Gasteiger partial charge in [0.1, 0.15) is 6.04 Å². The molecule has 0 aliphatic heterocycles. The van der Waals surface area contributed by atoms with Crippen LogP contribution in [0.25, 0.3) is 0 Å². The highest BCUT2D eigenvalue weighted by Gasteiger charge is 2.21. The normalized spacial score (nSPS) is 11.7. The maximum Gasteiger partial charge on any atom is 0.326 e. The summed E-state index contributed by atoms with van der Waals surface area (Å²) in [6.07, 6.45) is 0.924. The molecular weight excluding hydrogens is 236 g/mol. The first-order valence-electron chi connectivity index (χ1n) is 5.76. The summed E-state index contributed by atoms with van der Waals surface area (Å²) in [4.78, 5) is 24.1. The Morgan fingerprint density at radius 2 is 2.11 bits per heavy atom. The second-order valence-corrected chi connectivity index (χ2v) is 4.29. The van der Waals surface area contributed by atoms with Crippen LogP contribution >= 0.6 is 0 Å². The maximum absolute atomic E-state index is 11.7. The molecule has 0 spiro atoms. The molecule has 1 atom stereocenters. The SMILES string of the molecule is C=C(C)CN(C)C(=O)NC(CCCOC)C(=O)O. The number of urea groups is 1. The Morgan fingerprint density at radius 1 is 1.50 bits per heavy atom. The van der Waals surface area contributed by atoms with Crippen molar-refractivity contribution >= 4 is 12.0 Å². The molecule has 0 saturated heterocycles. The van der Waals surface area contributed by atoms with Crippen LogP contribution in [0.15, 0.2) is 12.2 Å². The summed E-state index contributed by atoms with van der Waals surface area (Å²) < 4.78 is 4.85. The van der Waals surface area contributed by atoms with Crippen molar-refractivity contribution < 1.29 is 19.4 Å². The van der Waals surface area contributed by atoms with Crippen molar-refractivity contribution in [1.29, 1.82) is 0 Å². The number of hydrogen-bond acceptors (Lipinski definition) is 3. The van der Waals surface area contributed by atoms with E-state index in [1.165, 1.54) is 4.90 Å². The van der Waals surface area contributed by atoms with Crippen LogP contribution in [0.3, 0.4) is 0 Å². The number of aliphatic carboxylic acids is 1. The summed E-state index contributed by atoms with van der Waals surface area (Å²) in [7, 11) is 3.15. The predicted octanol–water partition coefficient (Wildman–Crippen LogP) is 1.08. The van der Waals surface area contributed by atoms with Crippen LogP contribution in [0.5, 0.6) is 0 Å². The Balaban J connectivity index is 4.26. The minimum absolute atomic E-state index is 0.343. The van der Waals surface area contributed by atoms with Crippen LogP contribution in [0.2, 0.25) is 0 Å². The van der Waals surface area contributed by atoms with Gasteiger partial charge in [-0.25, -0.2) is 9.59 Å². The molecule has 0 rings (SSSR count). The summed E-state index contributed by atoms with van der Waals surface area (Å²) in [5.41, 5.74) is 0.832. The Hall–Kier alpha value is -1.56. The highest BCUT2D eigenvalue weighted by molar-refractivity contribution is 5.82. The number of carbonyl (C=O) groups excluding carboxylic acids is 1. The molecule has 104 valence electrons. The zero-order chi connectivity index (χ0) is 14.1. The van der Waals surface area contributed by atoms with E-state index in [1.807, 2.05) is 0 Å². The lowest BCUT2D eigenvalue weighted by atomic mass is 10.1. The topological polar surface area (TPSA) is 78.9 Å². The highest BCUT2D eigenvalue weighted by atomic mass is 16.5. The van der Waals surface area contributed by atoms with E-state index in [1.54, 1.807) is 21.1 Å². The molecule has 0 aliphatic carbocycles. The number of carboxylic acid groups (broad SMARTS) is 1. The maximum atomic E-state index is 11.7. The third-order valence-electron chi connectivity index (χ3n) is 2.29. The van der Waals surface area contributed by atoms with Gasteiger partial charge in [0.2, 0.25) is 0 Å². The zero-order valence-electron chi connectivity index (χ0n) is 11.2. The number of nitrogens with one attached hydrogen (secondary N) is 1. The van der Waals surface area contributed by atoms with E-state index >= 15 is 0 Å². The molecule has 0 aromatic rings. The monoisotopic (exact) mass is 258 g/mol. The van der Waals surface area contributed by atoms with Crippen LogP contribution in [0.1, 0.15) is 19.8 Å². The van der Waals surface area contributed by atoms with Gasteiger partial charge in [-0.1, -0.05) is 12.2 Å². The van der Waals surface area contributed by atoms with Gasteiger partial charge in [-0.15, -0.1) is 0 Å². The Bertz CT molecular complexity index is 304. The molecular formula is C12H22N2O4. The molecule has 0 aromatic heterocycles. The molecule has 2 N–H and O–H groups in total. The summed E-state index contributed by atoms with van der Waals surface area (Å²) in [6.45, 7) is 6.37. The van der Waals surface area contributed by atoms with Crippen LogP contribution in [-0.2, 0) is 9.53 Å². The lowest BCUT2D eigenvalue weighted by molar-refractivity contribution is -0.139. The van der Waals surface area contributed by atoms with Gasteiger partial charge in [0.25, 0.3) is 0 Å². The zero-order valence-corrected chi connectivity index (χ0v) is 11.2. The number of likely N-dealkylation sites (N-methyl/N-ethyl adjacent to an activating group) is 1. The van der Waals surface area contributed by atoms with Gasteiger partial charge in [-0.2, -0.15) is 0 Å². The van der Waals surface area contributed by atoms with Crippen molar-refractivity contribution in [3.05, 3.63) is 12.2 Å². The number of methoxy groups -OCH3 is 1. The van der Waals surface area contributed by atoms with E-state index in [9.17, 15) is 9.59 Å². The van der Waals surface area contributed by atoms with E-state index in [0.717, 1.165) is 5.57 Å². The van der Waals surface area contributed by atoms with Crippen molar-refractivity contribution in [3.8, 4) is 0 Å². The molecule has 0 heterocycles. The lowest BCUT2D eigenvalue weighted by Gasteiger charge is -2.21. The van der Waals surface area contributed by atoms with Crippen molar-refractivity contribution in [3.63, 3.8) is 0 Å². The Morgan fingerprint density at radius 3 is 2.56 bits per heavy atom. The predicted molar refractivity (Wildman–Crippen MR) is 68.5 cm³/mol. The molecule has 1 unspecified atom stereocenters. The summed E-state index contributed by atoms with van der Waals surface area (Å²) in [5, 5.41) is 11.5. The minimum Gasteiger partial charge on any atom is -0.480 e. The first-order chi connectivity index (χ1) is 8.38. The summed E-state index contributed by atoms with van der Waals surface area (Å²) >= 11 is 0. The average molecular weight is 258 g/mol. The van der Waals surface area contributed by atoms with Crippen LogP contribution in [-0.4, -0.2) is 55.4 Å². The number of carboxylic acids is 1. The van der Waals surface area contributed by atoms with Crippen molar-refractivity contribution in [2.45, 2.75) is 25.8 Å². The highest BCUT2D eigenvalue weighted by Crippen LogP contribution is 2.00. The number of rotatable bonds is 8. The van der Waals surface area contributed by atoms with Gasteiger partial charge in [0.15, 0.2) is 0 Å². The van der Waals surface area contributed by atoms with E-state index in [-0.39, 0.29) is 0 Å². The fraction of sp³-hybridized carbons (Fsp3) is 0.667. The minimum atomic E-state index is -1.04. The second kappa shape index (κ2) is 8.52. The lowest BCUT2D eigenvalue weighted by Crippen LogP contribution is -2.47. The molecule has 6 heteroatoms. The van der Waals surface area contributed by atoms with E-state index in [4.69, 9.17) is 9.84 Å². The van der Waals surface area contributed by atoms with Gasteiger partial charge in [0, 0.05) is 27.3 Å². The number of amides is 2. The molecule has 0 fully saturated rings. The smallest absolute Gasteiger partial charge is 0.326 e. The summed E-state index contributed by atoms with van der Waals surface area (Å²) in [6, 6.07) is -1.30. The standard InChI is InChI=1S/C12H22N2O4/c1-9(2)8-14(3)12(17)13-10(11(15)16)6-5-7-18-4/h10H,1,5-8H2,2-4H3,(H,13,17)(H,15,16). The van der Waals surface area contributed by atoms with Gasteiger partial charge >= 0.3 is 12.0 Å². The van der Waals surface area contributed by atoms with E-state index < -0.39 is 18.0 Å².